The van der Waals surface area contributed by atoms with Crippen LogP contribution in [0.4, 0.5) is 0 Å². The second-order valence-electron chi connectivity index (χ2n) is 3.68. The number of nitrogens with one attached hydrogen (secondary N) is 1. The molecule has 0 radical (unpaired) electrons. The van der Waals surface area contributed by atoms with E-state index in [-0.39, 0.29) is 4.90 Å². The van der Waals surface area contributed by atoms with Crippen molar-refractivity contribution in [2.75, 3.05) is 0 Å². The van der Waals surface area contributed by atoms with Crippen LogP contribution in [0.1, 0.15) is 19.4 Å². The molecule has 0 heterocycles. The first-order valence-corrected chi connectivity index (χ1v) is 6.69. The summed E-state index contributed by atoms with van der Waals surface area (Å²) in [5, 5.41) is 8.65. The van der Waals surface area contributed by atoms with Gasteiger partial charge in [-0.05, 0) is 31.0 Å². The van der Waals surface area contributed by atoms with Crippen LogP contribution in [0, 0.1) is 0 Å². The average molecular weight is 257 g/mol. The number of rotatable bonds is 5. The predicted octanol–water partition coefficient (Wildman–Crippen LogP) is 1.00. The molecule has 1 atom stereocenters. The van der Waals surface area contributed by atoms with E-state index in [4.69, 9.17) is 5.11 Å². The van der Waals surface area contributed by atoms with Crippen molar-refractivity contribution >= 4 is 16.0 Å². The van der Waals surface area contributed by atoms with E-state index in [1.54, 1.807) is 12.1 Å². The van der Waals surface area contributed by atoms with Crippen LogP contribution in [0.25, 0.3) is 0 Å². The van der Waals surface area contributed by atoms with Crippen LogP contribution in [0.2, 0.25) is 0 Å². The largest absolute Gasteiger partial charge is 0.480 e. The summed E-state index contributed by atoms with van der Waals surface area (Å²) in [5.41, 5.74) is 1.02. The van der Waals surface area contributed by atoms with Gasteiger partial charge in [-0.25, -0.2) is 8.42 Å². The highest BCUT2D eigenvalue weighted by Crippen LogP contribution is 2.11. The van der Waals surface area contributed by atoms with Crippen LogP contribution < -0.4 is 4.72 Å². The third kappa shape index (κ3) is 3.54. The fraction of sp³-hybridized carbons (Fsp3) is 0.364. The van der Waals surface area contributed by atoms with Gasteiger partial charge in [-0.2, -0.15) is 4.72 Å². The zero-order valence-electron chi connectivity index (χ0n) is 9.67. The fourth-order valence-corrected chi connectivity index (χ4v) is 2.45. The molecule has 2 N–H and O–H groups in total. The minimum absolute atomic E-state index is 0.0720. The van der Waals surface area contributed by atoms with Gasteiger partial charge in [0.1, 0.15) is 6.04 Å². The third-order valence-corrected chi connectivity index (χ3v) is 3.90. The molecule has 1 rings (SSSR count). The molecule has 1 unspecified atom stereocenters. The van der Waals surface area contributed by atoms with Crippen LogP contribution in [-0.2, 0) is 21.2 Å². The van der Waals surface area contributed by atoms with Gasteiger partial charge in [-0.1, -0.05) is 19.1 Å². The Bertz CT molecular complexity index is 493. The van der Waals surface area contributed by atoms with Gasteiger partial charge in [0.15, 0.2) is 0 Å². The first-order chi connectivity index (χ1) is 7.86. The van der Waals surface area contributed by atoms with Gasteiger partial charge in [-0.15, -0.1) is 0 Å². The zero-order valence-corrected chi connectivity index (χ0v) is 10.5. The monoisotopic (exact) mass is 257 g/mol. The van der Waals surface area contributed by atoms with Crippen LogP contribution in [-0.4, -0.2) is 25.5 Å². The van der Waals surface area contributed by atoms with Crippen molar-refractivity contribution in [2.45, 2.75) is 31.2 Å². The molecule has 5 nitrogen and oxygen atoms in total. The zero-order chi connectivity index (χ0) is 13.1. The van der Waals surface area contributed by atoms with Gasteiger partial charge in [0.05, 0.1) is 4.90 Å². The van der Waals surface area contributed by atoms with E-state index in [1.165, 1.54) is 19.1 Å². The van der Waals surface area contributed by atoms with Gasteiger partial charge in [-0.3, -0.25) is 4.79 Å². The van der Waals surface area contributed by atoms with E-state index >= 15 is 0 Å². The molecule has 0 spiro atoms. The number of carboxylic acid groups (broad SMARTS) is 1. The van der Waals surface area contributed by atoms with E-state index < -0.39 is 22.0 Å². The van der Waals surface area contributed by atoms with Crippen molar-refractivity contribution in [1.29, 1.82) is 0 Å². The maximum Gasteiger partial charge on any atom is 0.321 e. The molecule has 0 bridgehead atoms. The van der Waals surface area contributed by atoms with Crippen LogP contribution >= 0.6 is 0 Å². The smallest absolute Gasteiger partial charge is 0.321 e. The van der Waals surface area contributed by atoms with E-state index in [1.807, 2.05) is 6.92 Å². The highest BCUT2D eigenvalue weighted by atomic mass is 32.2. The van der Waals surface area contributed by atoms with Gasteiger partial charge < -0.3 is 5.11 Å². The third-order valence-electron chi connectivity index (χ3n) is 2.34. The van der Waals surface area contributed by atoms with E-state index in [0.717, 1.165) is 12.0 Å². The van der Waals surface area contributed by atoms with Crippen LogP contribution in [0.5, 0.6) is 0 Å². The van der Waals surface area contributed by atoms with E-state index in [2.05, 4.69) is 4.72 Å². The Kier molecular flexibility index (Phi) is 4.25. The van der Waals surface area contributed by atoms with Crippen molar-refractivity contribution in [2.24, 2.45) is 0 Å². The summed E-state index contributed by atoms with van der Waals surface area (Å²) >= 11 is 0. The van der Waals surface area contributed by atoms with E-state index in [0.29, 0.717) is 0 Å². The maximum atomic E-state index is 11.8. The minimum atomic E-state index is -3.76. The lowest BCUT2D eigenvalue weighted by molar-refractivity contribution is -0.138. The number of hydrogen-bond acceptors (Lipinski definition) is 3. The molecular formula is C11H15NO4S. The second kappa shape index (κ2) is 5.29. The number of hydrogen-bond donors (Lipinski definition) is 2. The van der Waals surface area contributed by atoms with Crippen molar-refractivity contribution in [3.63, 3.8) is 0 Å². The number of carboxylic acids is 1. The molecule has 1 aromatic carbocycles. The van der Waals surface area contributed by atoms with Crippen molar-refractivity contribution < 1.29 is 18.3 Å². The number of benzene rings is 1. The van der Waals surface area contributed by atoms with Crippen molar-refractivity contribution in [3.8, 4) is 0 Å². The Balaban J connectivity index is 2.93. The molecule has 0 aliphatic rings. The normalized spacial score (nSPS) is 13.3. The Hall–Kier alpha value is -1.40. The lowest BCUT2D eigenvalue weighted by Gasteiger charge is -2.10. The molecule has 0 saturated carbocycles. The van der Waals surface area contributed by atoms with Crippen LogP contribution in [0.15, 0.2) is 29.2 Å². The first kappa shape index (κ1) is 13.7. The summed E-state index contributed by atoms with van der Waals surface area (Å²) in [6.45, 7) is 3.24. The summed E-state index contributed by atoms with van der Waals surface area (Å²) in [7, 11) is -3.76. The fourth-order valence-electron chi connectivity index (χ4n) is 1.26. The molecule has 0 aliphatic carbocycles. The Morgan fingerprint density at radius 1 is 1.35 bits per heavy atom. The minimum Gasteiger partial charge on any atom is -0.480 e. The number of sulfonamides is 1. The van der Waals surface area contributed by atoms with Gasteiger partial charge in [0.2, 0.25) is 10.0 Å². The summed E-state index contributed by atoms with van der Waals surface area (Å²) < 4.78 is 25.6. The Labute approximate surface area is 101 Å². The summed E-state index contributed by atoms with van der Waals surface area (Å²) in [4.78, 5) is 10.7. The summed E-state index contributed by atoms with van der Waals surface area (Å²) in [6.07, 6.45) is 0.819. The Morgan fingerprint density at radius 2 is 1.88 bits per heavy atom. The van der Waals surface area contributed by atoms with Crippen LogP contribution in [0.3, 0.4) is 0 Å². The first-order valence-electron chi connectivity index (χ1n) is 5.21. The Morgan fingerprint density at radius 3 is 2.29 bits per heavy atom. The molecule has 17 heavy (non-hydrogen) atoms. The molecule has 94 valence electrons. The van der Waals surface area contributed by atoms with E-state index in [9.17, 15) is 13.2 Å². The lowest BCUT2D eigenvalue weighted by Crippen LogP contribution is -2.38. The number of aryl methyl sites for hydroxylation is 1. The SMILES string of the molecule is CCc1ccc(S(=O)(=O)NC(C)C(=O)O)cc1. The van der Waals surface area contributed by atoms with Gasteiger partial charge >= 0.3 is 5.97 Å². The highest BCUT2D eigenvalue weighted by molar-refractivity contribution is 7.89. The molecule has 6 heteroatoms. The predicted molar refractivity (Wildman–Crippen MR) is 63.2 cm³/mol. The quantitative estimate of drug-likeness (QED) is 0.824. The lowest BCUT2D eigenvalue weighted by atomic mass is 10.2. The molecule has 0 aromatic heterocycles. The summed E-state index contributed by atoms with van der Waals surface area (Å²) in [6, 6.07) is 5.21. The molecule has 0 fully saturated rings. The molecule has 1 aromatic rings. The molecule has 0 aliphatic heterocycles. The van der Waals surface area contributed by atoms with Crippen molar-refractivity contribution in [3.05, 3.63) is 29.8 Å². The molecular weight excluding hydrogens is 242 g/mol. The molecule has 0 amide bonds. The standard InChI is InChI=1S/C11H15NO4S/c1-3-9-4-6-10(7-5-9)17(15,16)12-8(2)11(13)14/h4-8,12H,3H2,1-2H3,(H,13,14). The van der Waals surface area contributed by atoms with Gasteiger partial charge in [0, 0.05) is 0 Å². The summed E-state index contributed by atoms with van der Waals surface area (Å²) in [5.74, 6) is -1.21. The maximum absolute atomic E-state index is 11.8. The second-order valence-corrected chi connectivity index (χ2v) is 5.39. The number of aliphatic carboxylic acids is 1. The number of carbonyl (C=O) groups is 1. The highest BCUT2D eigenvalue weighted by Gasteiger charge is 2.21. The van der Waals surface area contributed by atoms with Crippen molar-refractivity contribution in [1.82, 2.24) is 4.72 Å². The topological polar surface area (TPSA) is 83.5 Å². The van der Waals surface area contributed by atoms with Gasteiger partial charge in [0.25, 0.3) is 0 Å². The average Bonchev–Trinajstić information content (AvgIpc) is 2.28. The molecule has 0 saturated heterocycles.